The minimum absolute atomic E-state index is 0.0984. The first kappa shape index (κ1) is 22.1. The highest BCUT2D eigenvalue weighted by atomic mass is 79.9. The first-order valence-corrected chi connectivity index (χ1v) is 11.7. The second-order valence-electron chi connectivity index (χ2n) is 6.57. The number of phenols is 1. The van der Waals surface area contributed by atoms with E-state index in [2.05, 4.69) is 53.1 Å². The number of rotatable bonds is 4. The molecule has 0 heterocycles. The van der Waals surface area contributed by atoms with Crippen molar-refractivity contribution in [1.29, 1.82) is 0 Å². The van der Waals surface area contributed by atoms with Crippen molar-refractivity contribution in [3.8, 4) is 17.2 Å². The quantitative estimate of drug-likeness (QED) is 0.239. The molecule has 156 valence electrons. The fourth-order valence-electron chi connectivity index (χ4n) is 3.06. The van der Waals surface area contributed by atoms with Crippen LogP contribution in [-0.2, 0) is 0 Å². The van der Waals surface area contributed by atoms with Crippen LogP contribution in [0.15, 0.2) is 80.1 Å². The molecule has 0 radical (unpaired) electrons. The third-order valence-electron chi connectivity index (χ3n) is 4.51. The van der Waals surface area contributed by atoms with Crippen molar-refractivity contribution < 1.29 is 14.6 Å². The van der Waals surface area contributed by atoms with Gasteiger partial charge >= 0.3 is 0 Å². The normalized spacial score (nSPS) is 10.8. The Bertz CT molecular complexity index is 1330. The molecule has 0 saturated heterocycles. The van der Waals surface area contributed by atoms with Crippen LogP contribution in [-0.4, -0.2) is 11.0 Å². The van der Waals surface area contributed by atoms with E-state index in [0.717, 1.165) is 15.2 Å². The smallest absolute Gasteiger partial charge is 0.259 e. The number of phenolic OH excluding ortho intramolecular Hbond substituents is 1. The van der Waals surface area contributed by atoms with Crippen molar-refractivity contribution in [2.45, 2.75) is 0 Å². The molecule has 0 bridgehead atoms. The molecule has 0 aliphatic rings. The van der Waals surface area contributed by atoms with Gasteiger partial charge in [0.1, 0.15) is 11.5 Å². The molecular formula is C23H13Br3ClNO3. The van der Waals surface area contributed by atoms with Crippen molar-refractivity contribution in [3.63, 3.8) is 0 Å². The molecule has 0 fully saturated rings. The average Bonchev–Trinajstić information content (AvgIpc) is 2.74. The van der Waals surface area contributed by atoms with E-state index in [1.165, 1.54) is 6.07 Å². The molecular weight excluding hydrogens is 613 g/mol. The summed E-state index contributed by atoms with van der Waals surface area (Å²) >= 11 is 16.3. The summed E-state index contributed by atoms with van der Waals surface area (Å²) in [6.45, 7) is 0. The number of benzene rings is 4. The number of halogens is 4. The Balaban J connectivity index is 1.71. The van der Waals surface area contributed by atoms with Gasteiger partial charge in [0.2, 0.25) is 0 Å². The van der Waals surface area contributed by atoms with Crippen LogP contribution in [0.1, 0.15) is 10.4 Å². The predicted molar refractivity (Wildman–Crippen MR) is 135 cm³/mol. The van der Waals surface area contributed by atoms with Crippen LogP contribution in [0.25, 0.3) is 10.8 Å². The van der Waals surface area contributed by atoms with Crippen LogP contribution >= 0.6 is 59.4 Å². The molecule has 4 aromatic rings. The van der Waals surface area contributed by atoms with E-state index >= 15 is 0 Å². The first-order chi connectivity index (χ1) is 14.8. The van der Waals surface area contributed by atoms with Gasteiger partial charge in [-0.3, -0.25) is 4.79 Å². The third-order valence-corrected chi connectivity index (χ3v) is 6.50. The highest BCUT2D eigenvalue weighted by molar-refractivity contribution is 9.11. The molecule has 0 aliphatic carbocycles. The summed E-state index contributed by atoms with van der Waals surface area (Å²) in [6, 6.07) is 19.7. The summed E-state index contributed by atoms with van der Waals surface area (Å²) in [7, 11) is 0. The van der Waals surface area contributed by atoms with Gasteiger partial charge in [0.15, 0.2) is 5.75 Å². The van der Waals surface area contributed by atoms with E-state index in [4.69, 9.17) is 16.3 Å². The summed E-state index contributed by atoms with van der Waals surface area (Å²) in [5.74, 6) is 0.375. The summed E-state index contributed by atoms with van der Waals surface area (Å²) in [6.07, 6.45) is 0. The number of carbonyl (C=O) groups is 1. The highest BCUT2D eigenvalue weighted by Crippen LogP contribution is 2.38. The second-order valence-corrected chi connectivity index (χ2v) is 9.63. The van der Waals surface area contributed by atoms with Gasteiger partial charge in [0.05, 0.1) is 15.7 Å². The Morgan fingerprint density at radius 1 is 0.871 bits per heavy atom. The van der Waals surface area contributed by atoms with E-state index < -0.39 is 5.91 Å². The van der Waals surface area contributed by atoms with Crippen molar-refractivity contribution in [2.24, 2.45) is 0 Å². The molecule has 4 rings (SSSR count). The molecule has 0 aromatic heterocycles. The Morgan fingerprint density at radius 2 is 1.58 bits per heavy atom. The van der Waals surface area contributed by atoms with Gasteiger partial charge in [-0.25, -0.2) is 0 Å². The zero-order chi connectivity index (χ0) is 22.1. The van der Waals surface area contributed by atoms with E-state index in [9.17, 15) is 9.90 Å². The van der Waals surface area contributed by atoms with E-state index in [-0.39, 0.29) is 11.3 Å². The molecule has 4 aromatic carbocycles. The van der Waals surface area contributed by atoms with Gasteiger partial charge in [0.25, 0.3) is 5.91 Å². The number of nitrogens with one attached hydrogen (secondary N) is 1. The number of anilines is 1. The van der Waals surface area contributed by atoms with Crippen molar-refractivity contribution >= 4 is 81.8 Å². The summed E-state index contributed by atoms with van der Waals surface area (Å²) in [5.41, 5.74) is 0.473. The third kappa shape index (κ3) is 4.75. The molecule has 0 spiro atoms. The van der Waals surface area contributed by atoms with Crippen LogP contribution in [0.4, 0.5) is 5.69 Å². The number of hydrogen-bond donors (Lipinski definition) is 2. The SMILES string of the molecule is O=C(Nc1cc(Cl)ccc1Oc1ccc(Br)c2ccccc12)c1cc(Br)cc(Br)c1O. The Labute approximate surface area is 208 Å². The molecule has 8 heteroatoms. The maximum atomic E-state index is 12.9. The number of aromatic hydroxyl groups is 1. The molecule has 31 heavy (non-hydrogen) atoms. The Kier molecular flexibility index (Phi) is 6.57. The fourth-order valence-corrected chi connectivity index (χ4v) is 4.93. The average molecular weight is 627 g/mol. The van der Waals surface area contributed by atoms with Gasteiger partial charge < -0.3 is 15.2 Å². The summed E-state index contributed by atoms with van der Waals surface area (Å²) in [4.78, 5) is 12.9. The minimum atomic E-state index is -0.507. The maximum Gasteiger partial charge on any atom is 0.259 e. The van der Waals surface area contributed by atoms with Gasteiger partial charge in [-0.05, 0) is 63.8 Å². The van der Waals surface area contributed by atoms with Gasteiger partial charge in [0, 0.05) is 19.4 Å². The molecule has 4 nitrogen and oxygen atoms in total. The zero-order valence-corrected chi connectivity index (χ0v) is 21.1. The minimum Gasteiger partial charge on any atom is -0.506 e. The molecule has 1 amide bonds. The standard InChI is InChI=1S/C23H13Br3ClNO3/c24-12-9-16(22(29)18(26)10-12)23(30)28-19-11-13(27)5-7-21(19)31-20-8-6-17(25)14-3-1-2-4-15(14)20/h1-11,29H,(H,28,30). The lowest BCUT2D eigenvalue weighted by Gasteiger charge is -2.15. The lowest BCUT2D eigenvalue weighted by atomic mass is 10.1. The fraction of sp³-hybridized carbons (Fsp3) is 0. The van der Waals surface area contributed by atoms with E-state index in [1.807, 2.05) is 36.4 Å². The van der Waals surface area contributed by atoms with Crippen LogP contribution in [0, 0.1) is 0 Å². The van der Waals surface area contributed by atoms with Crippen molar-refractivity contribution in [3.05, 3.63) is 90.7 Å². The van der Waals surface area contributed by atoms with Gasteiger partial charge in [-0.1, -0.05) is 67.7 Å². The molecule has 0 unspecified atom stereocenters. The molecule has 0 saturated carbocycles. The highest BCUT2D eigenvalue weighted by Gasteiger charge is 2.18. The summed E-state index contributed by atoms with van der Waals surface area (Å²) < 4.78 is 8.17. The van der Waals surface area contributed by atoms with E-state index in [1.54, 1.807) is 24.3 Å². The van der Waals surface area contributed by atoms with Crippen LogP contribution in [0.5, 0.6) is 17.2 Å². The number of amides is 1. The maximum absolute atomic E-state index is 12.9. The number of hydrogen-bond acceptors (Lipinski definition) is 3. The van der Waals surface area contributed by atoms with Crippen LogP contribution in [0.3, 0.4) is 0 Å². The van der Waals surface area contributed by atoms with Gasteiger partial charge in [-0.2, -0.15) is 0 Å². The predicted octanol–water partition coefficient (Wildman–Crippen LogP) is 8.53. The van der Waals surface area contributed by atoms with E-state index in [0.29, 0.717) is 31.2 Å². The zero-order valence-electron chi connectivity index (χ0n) is 15.6. The van der Waals surface area contributed by atoms with Crippen molar-refractivity contribution in [2.75, 3.05) is 5.32 Å². The number of fused-ring (bicyclic) bond motifs is 1. The van der Waals surface area contributed by atoms with Crippen LogP contribution < -0.4 is 10.1 Å². The largest absolute Gasteiger partial charge is 0.506 e. The summed E-state index contributed by atoms with van der Waals surface area (Å²) in [5, 5.41) is 15.4. The first-order valence-electron chi connectivity index (χ1n) is 8.97. The lowest BCUT2D eigenvalue weighted by Crippen LogP contribution is -2.13. The lowest BCUT2D eigenvalue weighted by molar-refractivity contribution is 0.102. The monoisotopic (exact) mass is 623 g/mol. The molecule has 2 N–H and O–H groups in total. The second kappa shape index (κ2) is 9.20. The Hall–Kier alpha value is -2.06. The van der Waals surface area contributed by atoms with Crippen LogP contribution in [0.2, 0.25) is 5.02 Å². The molecule has 0 atom stereocenters. The van der Waals surface area contributed by atoms with Crippen molar-refractivity contribution in [1.82, 2.24) is 0 Å². The van der Waals surface area contributed by atoms with Gasteiger partial charge in [-0.15, -0.1) is 0 Å². The number of ether oxygens (including phenoxy) is 1. The Morgan fingerprint density at radius 3 is 2.35 bits per heavy atom. The number of carbonyl (C=O) groups excluding carboxylic acids is 1. The molecule has 0 aliphatic heterocycles. The topological polar surface area (TPSA) is 58.6 Å².